The Labute approximate surface area is 185 Å². The maximum Gasteiger partial charge on any atom is 0.257 e. The summed E-state index contributed by atoms with van der Waals surface area (Å²) in [6.45, 7) is 1.02. The van der Waals surface area contributed by atoms with E-state index in [1.165, 1.54) is 0 Å². The van der Waals surface area contributed by atoms with Gasteiger partial charge >= 0.3 is 0 Å². The Kier molecular flexibility index (Phi) is 5.61. The molecule has 1 aliphatic carbocycles. The van der Waals surface area contributed by atoms with E-state index in [2.05, 4.69) is 17.0 Å². The first-order chi connectivity index (χ1) is 15.2. The summed E-state index contributed by atoms with van der Waals surface area (Å²) in [7, 11) is 1.69. The highest BCUT2D eigenvalue weighted by atomic mass is 32.1. The fourth-order valence-corrected chi connectivity index (χ4v) is 4.90. The van der Waals surface area contributed by atoms with Gasteiger partial charge < -0.3 is 9.15 Å². The summed E-state index contributed by atoms with van der Waals surface area (Å²) >= 11 is 1.66. The first-order valence-electron chi connectivity index (χ1n) is 10.6. The third-order valence-corrected chi connectivity index (χ3v) is 6.78. The number of amides is 1. The molecule has 1 aliphatic heterocycles. The number of thiophene rings is 1. The lowest BCUT2D eigenvalue weighted by atomic mass is 10.1. The summed E-state index contributed by atoms with van der Waals surface area (Å²) in [5.41, 5.74) is 1.92. The van der Waals surface area contributed by atoms with E-state index >= 15 is 0 Å². The fourth-order valence-electron chi connectivity index (χ4n) is 4.09. The van der Waals surface area contributed by atoms with Gasteiger partial charge in [0.2, 0.25) is 0 Å². The van der Waals surface area contributed by atoms with Crippen LogP contribution in [-0.4, -0.2) is 41.2 Å². The van der Waals surface area contributed by atoms with Gasteiger partial charge in [0.15, 0.2) is 0 Å². The van der Waals surface area contributed by atoms with E-state index in [0.717, 1.165) is 40.5 Å². The van der Waals surface area contributed by atoms with Gasteiger partial charge in [0, 0.05) is 29.4 Å². The van der Waals surface area contributed by atoms with E-state index in [4.69, 9.17) is 14.3 Å². The quantitative estimate of drug-likeness (QED) is 0.515. The number of rotatable bonds is 8. The summed E-state index contributed by atoms with van der Waals surface area (Å²) in [6.07, 6.45) is 4.55. The van der Waals surface area contributed by atoms with Crippen LogP contribution in [-0.2, 0) is 11.3 Å². The van der Waals surface area contributed by atoms with E-state index in [0.29, 0.717) is 25.6 Å². The minimum Gasteiger partial charge on any atom is -0.496 e. The van der Waals surface area contributed by atoms with Gasteiger partial charge in [-0.2, -0.15) is 5.10 Å². The van der Waals surface area contributed by atoms with Crippen LogP contribution in [0.2, 0.25) is 0 Å². The number of carbonyl (C=O) groups is 1. The molecule has 1 aromatic carbocycles. The van der Waals surface area contributed by atoms with Crippen molar-refractivity contribution in [2.45, 2.75) is 37.9 Å². The average molecular weight is 436 g/mol. The molecule has 0 N–H and O–H groups in total. The van der Waals surface area contributed by atoms with Crippen molar-refractivity contribution in [3.8, 4) is 5.75 Å². The van der Waals surface area contributed by atoms with Gasteiger partial charge in [0.25, 0.3) is 5.91 Å². The molecule has 2 aromatic heterocycles. The monoisotopic (exact) mass is 435 g/mol. The van der Waals surface area contributed by atoms with Crippen molar-refractivity contribution in [2.75, 3.05) is 13.7 Å². The number of ether oxygens (including phenoxy) is 1. The number of para-hydroxylation sites is 1. The molecule has 31 heavy (non-hydrogen) atoms. The van der Waals surface area contributed by atoms with E-state index < -0.39 is 0 Å². The molecule has 0 saturated heterocycles. The van der Waals surface area contributed by atoms with Crippen molar-refractivity contribution >= 4 is 23.0 Å². The fraction of sp³-hybridized carbons (Fsp3) is 0.333. The van der Waals surface area contributed by atoms with Gasteiger partial charge in [-0.3, -0.25) is 9.69 Å². The summed E-state index contributed by atoms with van der Waals surface area (Å²) < 4.78 is 11.1. The van der Waals surface area contributed by atoms with Crippen LogP contribution in [0.25, 0.3) is 0 Å². The van der Waals surface area contributed by atoms with E-state index in [9.17, 15) is 4.79 Å². The number of methoxy groups -OCH3 is 1. The normalized spacial score (nSPS) is 18.5. The second kappa shape index (κ2) is 8.69. The molecule has 0 bridgehead atoms. The lowest BCUT2D eigenvalue weighted by molar-refractivity contribution is -0.134. The van der Waals surface area contributed by atoms with Gasteiger partial charge in [-0.1, -0.05) is 24.3 Å². The van der Waals surface area contributed by atoms with Crippen LogP contribution < -0.4 is 4.74 Å². The molecule has 1 fully saturated rings. The number of carbonyl (C=O) groups excluding carboxylic acids is 1. The Morgan fingerprint density at radius 2 is 2.10 bits per heavy atom. The van der Waals surface area contributed by atoms with Gasteiger partial charge in [-0.25, -0.2) is 5.01 Å². The SMILES string of the molecule is COc1ccccc1CN(CC(=O)N1N=C(c2ccco2)CC1c1cccs1)C1CC1. The van der Waals surface area contributed by atoms with E-state index in [1.54, 1.807) is 29.7 Å². The van der Waals surface area contributed by atoms with Crippen molar-refractivity contribution in [3.05, 3.63) is 76.4 Å². The second-order valence-electron chi connectivity index (χ2n) is 7.95. The maximum atomic E-state index is 13.5. The molecular weight excluding hydrogens is 410 g/mol. The first kappa shape index (κ1) is 20.0. The maximum absolute atomic E-state index is 13.5. The highest BCUT2D eigenvalue weighted by Crippen LogP contribution is 2.36. The smallest absolute Gasteiger partial charge is 0.257 e. The molecule has 0 radical (unpaired) electrons. The largest absolute Gasteiger partial charge is 0.496 e. The lowest BCUT2D eigenvalue weighted by Gasteiger charge is -2.26. The Hall–Kier alpha value is -2.90. The molecule has 1 amide bonds. The lowest BCUT2D eigenvalue weighted by Crippen LogP contribution is -2.39. The molecule has 160 valence electrons. The molecular formula is C24H25N3O3S. The van der Waals surface area contributed by atoms with Crippen molar-refractivity contribution in [1.29, 1.82) is 0 Å². The Balaban J connectivity index is 1.37. The third-order valence-electron chi connectivity index (χ3n) is 5.81. The zero-order chi connectivity index (χ0) is 21.2. The molecule has 0 spiro atoms. The van der Waals surface area contributed by atoms with Gasteiger partial charge in [0.1, 0.15) is 17.2 Å². The topological polar surface area (TPSA) is 58.3 Å². The van der Waals surface area contributed by atoms with Crippen molar-refractivity contribution < 1.29 is 13.9 Å². The van der Waals surface area contributed by atoms with Crippen molar-refractivity contribution in [1.82, 2.24) is 9.91 Å². The van der Waals surface area contributed by atoms with Crippen LogP contribution in [0.1, 0.15) is 41.5 Å². The van der Waals surface area contributed by atoms with Crippen LogP contribution in [0.5, 0.6) is 5.75 Å². The zero-order valence-corrected chi connectivity index (χ0v) is 18.3. The number of furan rings is 1. The second-order valence-corrected chi connectivity index (χ2v) is 8.92. The Bertz CT molecular complexity index is 1060. The first-order valence-corrected chi connectivity index (χ1v) is 11.4. The number of hydrogen-bond donors (Lipinski definition) is 0. The molecule has 1 unspecified atom stereocenters. The molecule has 5 rings (SSSR count). The number of hydrazone groups is 1. The summed E-state index contributed by atoms with van der Waals surface area (Å²) in [6, 6.07) is 16.2. The predicted octanol–water partition coefficient (Wildman–Crippen LogP) is 4.69. The summed E-state index contributed by atoms with van der Waals surface area (Å²) in [5.74, 6) is 1.60. The molecule has 3 aromatic rings. The van der Waals surface area contributed by atoms with E-state index in [-0.39, 0.29) is 11.9 Å². The molecule has 1 saturated carbocycles. The average Bonchev–Trinajstić information content (AvgIpc) is 3.20. The molecule has 6 nitrogen and oxygen atoms in total. The van der Waals surface area contributed by atoms with Gasteiger partial charge in [0.05, 0.1) is 26.0 Å². The summed E-state index contributed by atoms with van der Waals surface area (Å²) in [4.78, 5) is 16.9. The van der Waals surface area contributed by atoms with Crippen molar-refractivity contribution in [2.24, 2.45) is 5.10 Å². The highest BCUT2D eigenvalue weighted by Gasteiger charge is 2.37. The minimum atomic E-state index is -0.0834. The van der Waals surface area contributed by atoms with Crippen LogP contribution in [0.3, 0.4) is 0 Å². The molecule has 1 atom stereocenters. The number of nitrogens with zero attached hydrogens (tertiary/aromatic N) is 3. The van der Waals surface area contributed by atoms with Crippen LogP contribution in [0, 0.1) is 0 Å². The Morgan fingerprint density at radius 3 is 2.81 bits per heavy atom. The highest BCUT2D eigenvalue weighted by molar-refractivity contribution is 7.10. The van der Waals surface area contributed by atoms with Crippen LogP contribution in [0.15, 0.2) is 69.7 Å². The molecule has 3 heterocycles. The Morgan fingerprint density at radius 1 is 1.23 bits per heavy atom. The predicted molar refractivity (Wildman–Crippen MR) is 120 cm³/mol. The molecule has 2 aliphatic rings. The molecule has 7 heteroatoms. The van der Waals surface area contributed by atoms with Gasteiger partial charge in [-0.05, 0) is 42.5 Å². The standard InChI is InChI=1S/C24H25N3O3S/c1-29-21-7-3-2-6-17(21)15-26(18-10-11-18)16-24(28)27-20(23-9-5-13-31-23)14-19(25-27)22-8-4-12-30-22/h2-9,12-13,18,20H,10-11,14-16H2,1H3. The van der Waals surface area contributed by atoms with Crippen LogP contribution in [0.4, 0.5) is 0 Å². The minimum absolute atomic E-state index is 0.0155. The van der Waals surface area contributed by atoms with Gasteiger partial charge in [-0.15, -0.1) is 11.3 Å². The zero-order valence-electron chi connectivity index (χ0n) is 17.4. The van der Waals surface area contributed by atoms with Crippen molar-refractivity contribution in [3.63, 3.8) is 0 Å². The van der Waals surface area contributed by atoms with E-state index in [1.807, 2.05) is 41.8 Å². The third kappa shape index (κ3) is 4.29. The number of benzene rings is 1. The summed E-state index contributed by atoms with van der Waals surface area (Å²) in [5, 5.41) is 8.41. The van der Waals surface area contributed by atoms with Crippen LogP contribution >= 0.6 is 11.3 Å². The number of hydrogen-bond acceptors (Lipinski definition) is 6.